The highest BCUT2D eigenvalue weighted by Crippen LogP contribution is 2.40. The molecule has 0 saturated carbocycles. The predicted molar refractivity (Wildman–Crippen MR) is 92.0 cm³/mol. The molecule has 0 aliphatic heterocycles. The SMILES string of the molecule is Cc1ccc([C@H](O)C(O)(c2ccccc2)c2ccccc2)cc1. The van der Waals surface area contributed by atoms with Gasteiger partial charge in [-0.25, -0.2) is 0 Å². The number of benzene rings is 3. The predicted octanol–water partition coefficient (Wildman–Crippen LogP) is 3.96. The Morgan fingerprint density at radius 2 is 1.13 bits per heavy atom. The lowest BCUT2D eigenvalue weighted by molar-refractivity contribution is -0.0517. The van der Waals surface area contributed by atoms with Crippen LogP contribution in [0.25, 0.3) is 0 Å². The summed E-state index contributed by atoms with van der Waals surface area (Å²) in [4.78, 5) is 0. The summed E-state index contributed by atoms with van der Waals surface area (Å²) in [6, 6.07) is 26.2. The van der Waals surface area contributed by atoms with E-state index in [1.807, 2.05) is 91.9 Å². The second kappa shape index (κ2) is 6.37. The van der Waals surface area contributed by atoms with Crippen molar-refractivity contribution in [1.82, 2.24) is 0 Å². The molecule has 0 heterocycles. The van der Waals surface area contributed by atoms with Crippen LogP contribution in [0.4, 0.5) is 0 Å². The number of aliphatic hydroxyl groups is 2. The molecule has 3 aromatic rings. The van der Waals surface area contributed by atoms with Gasteiger partial charge in [0.1, 0.15) is 11.7 Å². The Hall–Kier alpha value is -2.42. The minimum atomic E-state index is -1.50. The summed E-state index contributed by atoms with van der Waals surface area (Å²) in [5, 5.41) is 22.5. The molecule has 0 bridgehead atoms. The van der Waals surface area contributed by atoms with Crippen LogP contribution in [-0.4, -0.2) is 10.2 Å². The van der Waals surface area contributed by atoms with Gasteiger partial charge in [-0.1, -0.05) is 90.5 Å². The van der Waals surface area contributed by atoms with E-state index < -0.39 is 11.7 Å². The summed E-state index contributed by atoms with van der Waals surface area (Å²) in [6.45, 7) is 2.00. The molecule has 2 nitrogen and oxygen atoms in total. The zero-order chi connectivity index (χ0) is 16.3. The van der Waals surface area contributed by atoms with Crippen molar-refractivity contribution in [2.75, 3.05) is 0 Å². The van der Waals surface area contributed by atoms with E-state index >= 15 is 0 Å². The molecule has 3 rings (SSSR count). The van der Waals surface area contributed by atoms with E-state index in [-0.39, 0.29) is 0 Å². The monoisotopic (exact) mass is 304 g/mol. The molecule has 0 aliphatic carbocycles. The first-order chi connectivity index (χ1) is 11.1. The third-order valence-electron chi connectivity index (χ3n) is 4.22. The van der Waals surface area contributed by atoms with Gasteiger partial charge in [0.15, 0.2) is 0 Å². The van der Waals surface area contributed by atoms with E-state index in [4.69, 9.17) is 0 Å². The Balaban J connectivity index is 2.14. The average Bonchev–Trinajstić information content (AvgIpc) is 2.62. The van der Waals surface area contributed by atoms with Crippen LogP contribution in [0.5, 0.6) is 0 Å². The fourth-order valence-corrected chi connectivity index (χ4v) is 2.86. The quantitative estimate of drug-likeness (QED) is 0.766. The van der Waals surface area contributed by atoms with Crippen LogP contribution in [0.15, 0.2) is 84.9 Å². The van der Waals surface area contributed by atoms with Crippen molar-refractivity contribution in [3.63, 3.8) is 0 Å². The topological polar surface area (TPSA) is 40.5 Å². The van der Waals surface area contributed by atoms with Crippen LogP contribution in [0, 0.1) is 6.92 Å². The first-order valence-corrected chi connectivity index (χ1v) is 7.70. The standard InChI is InChI=1S/C21H20O2/c1-16-12-14-17(15-13-16)20(22)21(23,18-8-4-2-5-9-18)19-10-6-3-7-11-19/h2-15,20,22-23H,1H3/t20-/m0/s1. The van der Waals surface area contributed by atoms with Crippen molar-refractivity contribution < 1.29 is 10.2 Å². The minimum Gasteiger partial charge on any atom is -0.385 e. The van der Waals surface area contributed by atoms with Gasteiger partial charge >= 0.3 is 0 Å². The van der Waals surface area contributed by atoms with E-state index in [0.717, 1.165) is 5.56 Å². The maximum Gasteiger partial charge on any atom is 0.145 e. The zero-order valence-electron chi connectivity index (χ0n) is 13.1. The molecular formula is C21H20O2. The van der Waals surface area contributed by atoms with Crippen molar-refractivity contribution in [2.24, 2.45) is 0 Å². The van der Waals surface area contributed by atoms with Crippen molar-refractivity contribution in [3.05, 3.63) is 107 Å². The second-order valence-corrected chi connectivity index (χ2v) is 5.81. The van der Waals surface area contributed by atoms with Crippen LogP contribution in [0.3, 0.4) is 0 Å². The molecule has 0 spiro atoms. The number of aryl methyl sites for hydroxylation is 1. The van der Waals surface area contributed by atoms with Crippen molar-refractivity contribution in [3.8, 4) is 0 Å². The molecule has 23 heavy (non-hydrogen) atoms. The molecular weight excluding hydrogens is 284 g/mol. The minimum absolute atomic E-state index is 0.666. The van der Waals surface area contributed by atoms with Crippen LogP contribution < -0.4 is 0 Å². The van der Waals surface area contributed by atoms with Gasteiger partial charge in [-0.15, -0.1) is 0 Å². The van der Waals surface area contributed by atoms with Gasteiger partial charge in [0, 0.05) is 0 Å². The summed E-state index contributed by atoms with van der Waals surface area (Å²) in [5.74, 6) is 0. The molecule has 2 heteroatoms. The second-order valence-electron chi connectivity index (χ2n) is 5.81. The van der Waals surface area contributed by atoms with E-state index in [1.165, 1.54) is 0 Å². The van der Waals surface area contributed by atoms with Gasteiger partial charge in [-0.3, -0.25) is 0 Å². The Labute approximate surface area is 136 Å². The summed E-state index contributed by atoms with van der Waals surface area (Å²) in [5.41, 5.74) is 1.63. The van der Waals surface area contributed by atoms with Gasteiger partial charge < -0.3 is 10.2 Å². The first kappa shape index (κ1) is 15.5. The maximum atomic E-state index is 11.5. The molecule has 2 N–H and O–H groups in total. The van der Waals surface area contributed by atoms with Crippen LogP contribution in [0.1, 0.15) is 28.4 Å². The van der Waals surface area contributed by atoms with Crippen molar-refractivity contribution in [1.29, 1.82) is 0 Å². The molecule has 0 fully saturated rings. The lowest BCUT2D eigenvalue weighted by Gasteiger charge is -2.34. The maximum absolute atomic E-state index is 11.5. The van der Waals surface area contributed by atoms with E-state index in [1.54, 1.807) is 0 Å². The van der Waals surface area contributed by atoms with Crippen molar-refractivity contribution >= 4 is 0 Å². The summed E-state index contributed by atoms with van der Waals surface area (Å²) >= 11 is 0. The first-order valence-electron chi connectivity index (χ1n) is 7.70. The molecule has 0 aliphatic rings. The Kier molecular flexibility index (Phi) is 4.28. The number of aliphatic hydroxyl groups excluding tert-OH is 1. The highest BCUT2D eigenvalue weighted by atomic mass is 16.3. The lowest BCUT2D eigenvalue weighted by atomic mass is 9.79. The van der Waals surface area contributed by atoms with E-state index in [9.17, 15) is 10.2 Å². The van der Waals surface area contributed by atoms with Crippen LogP contribution in [0.2, 0.25) is 0 Å². The van der Waals surface area contributed by atoms with E-state index in [2.05, 4.69) is 0 Å². The van der Waals surface area contributed by atoms with Crippen LogP contribution >= 0.6 is 0 Å². The molecule has 116 valence electrons. The van der Waals surface area contributed by atoms with Gasteiger partial charge in [-0.2, -0.15) is 0 Å². The zero-order valence-corrected chi connectivity index (χ0v) is 13.1. The molecule has 0 amide bonds. The van der Waals surface area contributed by atoms with Gasteiger partial charge in [0.2, 0.25) is 0 Å². The number of rotatable bonds is 4. The van der Waals surface area contributed by atoms with Gasteiger partial charge in [0.25, 0.3) is 0 Å². The molecule has 0 unspecified atom stereocenters. The summed E-state index contributed by atoms with van der Waals surface area (Å²) < 4.78 is 0. The summed E-state index contributed by atoms with van der Waals surface area (Å²) in [6.07, 6.45) is -1.06. The molecule has 0 aromatic heterocycles. The Morgan fingerprint density at radius 1 is 0.696 bits per heavy atom. The van der Waals surface area contributed by atoms with E-state index in [0.29, 0.717) is 16.7 Å². The molecule has 3 aromatic carbocycles. The third kappa shape index (κ3) is 2.91. The van der Waals surface area contributed by atoms with Crippen molar-refractivity contribution in [2.45, 2.75) is 18.6 Å². The summed E-state index contributed by atoms with van der Waals surface area (Å²) in [7, 11) is 0. The fraction of sp³-hybridized carbons (Fsp3) is 0.143. The highest BCUT2D eigenvalue weighted by molar-refractivity contribution is 5.40. The fourth-order valence-electron chi connectivity index (χ4n) is 2.86. The third-order valence-corrected chi connectivity index (χ3v) is 4.22. The molecule has 0 saturated heterocycles. The average molecular weight is 304 g/mol. The number of hydrogen-bond donors (Lipinski definition) is 2. The Bertz CT molecular complexity index is 709. The largest absolute Gasteiger partial charge is 0.385 e. The smallest absolute Gasteiger partial charge is 0.145 e. The van der Waals surface area contributed by atoms with Crippen LogP contribution in [-0.2, 0) is 5.60 Å². The number of hydrogen-bond acceptors (Lipinski definition) is 2. The Morgan fingerprint density at radius 3 is 1.57 bits per heavy atom. The van der Waals surface area contributed by atoms with Gasteiger partial charge in [-0.05, 0) is 23.6 Å². The highest BCUT2D eigenvalue weighted by Gasteiger charge is 2.40. The molecule has 0 radical (unpaired) electrons. The normalized spacial score (nSPS) is 12.8. The lowest BCUT2D eigenvalue weighted by Crippen LogP contribution is -2.35. The van der Waals surface area contributed by atoms with Gasteiger partial charge in [0.05, 0.1) is 0 Å². The molecule has 1 atom stereocenters.